The predicted molar refractivity (Wildman–Crippen MR) is 65.2 cm³/mol. The van der Waals surface area contributed by atoms with Crippen molar-refractivity contribution in [2.75, 3.05) is 25.1 Å². The zero-order chi connectivity index (χ0) is 13.4. The molecule has 1 aromatic heterocycles. The Bertz CT molecular complexity index is 456. The van der Waals surface area contributed by atoms with E-state index in [1.165, 1.54) is 6.07 Å². The molecule has 0 unspecified atom stereocenters. The minimum Gasteiger partial charge on any atom is -0.382 e. The first-order chi connectivity index (χ1) is 8.69. The highest BCUT2D eigenvalue weighted by atomic mass is 16.6. The van der Waals surface area contributed by atoms with Gasteiger partial charge in [0.15, 0.2) is 0 Å². The van der Waals surface area contributed by atoms with Gasteiger partial charge in [0.25, 0.3) is 5.69 Å². The molecular formula is C11H14N4O3. The number of nitrogens with zero attached hydrogens (tertiary/aromatic N) is 3. The Morgan fingerprint density at radius 3 is 3.06 bits per heavy atom. The van der Waals surface area contributed by atoms with E-state index in [1.54, 1.807) is 0 Å². The molecule has 0 amide bonds. The number of pyridine rings is 1. The molecule has 0 saturated carbocycles. The zero-order valence-corrected chi connectivity index (χ0v) is 10.0. The zero-order valence-electron chi connectivity index (χ0n) is 10.0. The van der Waals surface area contributed by atoms with Gasteiger partial charge >= 0.3 is 0 Å². The van der Waals surface area contributed by atoms with E-state index in [4.69, 9.17) is 10.00 Å². The van der Waals surface area contributed by atoms with Crippen LogP contribution in [0.4, 0.5) is 11.5 Å². The number of nitrogens with one attached hydrogen (secondary N) is 1. The molecule has 1 rings (SSSR count). The Morgan fingerprint density at radius 2 is 2.44 bits per heavy atom. The normalized spacial score (nSPS) is 9.78. The quantitative estimate of drug-likeness (QED) is 0.449. The van der Waals surface area contributed by atoms with Crippen molar-refractivity contribution in [1.29, 1.82) is 5.26 Å². The lowest BCUT2D eigenvalue weighted by molar-refractivity contribution is -0.385. The van der Waals surface area contributed by atoms with Gasteiger partial charge in [0.2, 0.25) is 0 Å². The first-order valence-electron chi connectivity index (χ1n) is 5.55. The van der Waals surface area contributed by atoms with E-state index in [-0.39, 0.29) is 11.3 Å². The first-order valence-corrected chi connectivity index (χ1v) is 5.55. The number of nitriles is 1. The van der Waals surface area contributed by atoms with Crippen LogP contribution in [0.25, 0.3) is 0 Å². The minimum atomic E-state index is -0.577. The average Bonchev–Trinajstić information content (AvgIpc) is 2.38. The topological polar surface area (TPSA) is 101 Å². The van der Waals surface area contributed by atoms with E-state index in [0.717, 1.165) is 12.6 Å². The molecular weight excluding hydrogens is 236 g/mol. The van der Waals surface area contributed by atoms with Crippen molar-refractivity contribution >= 4 is 11.5 Å². The van der Waals surface area contributed by atoms with Gasteiger partial charge in [-0.3, -0.25) is 10.1 Å². The summed E-state index contributed by atoms with van der Waals surface area (Å²) >= 11 is 0. The molecule has 0 aliphatic carbocycles. The molecule has 1 N–H and O–H groups in total. The highest BCUT2D eigenvalue weighted by Crippen LogP contribution is 2.17. The summed E-state index contributed by atoms with van der Waals surface area (Å²) in [6.07, 6.45) is 1.91. The summed E-state index contributed by atoms with van der Waals surface area (Å²) in [7, 11) is 0. The van der Waals surface area contributed by atoms with Crippen LogP contribution in [0.1, 0.15) is 18.9 Å². The molecule has 96 valence electrons. The Morgan fingerprint density at radius 1 is 1.67 bits per heavy atom. The highest BCUT2D eigenvalue weighted by molar-refractivity contribution is 5.55. The summed E-state index contributed by atoms with van der Waals surface area (Å²) in [5.41, 5.74) is -0.0213. The van der Waals surface area contributed by atoms with E-state index in [0.29, 0.717) is 25.6 Å². The lowest BCUT2D eigenvalue weighted by Gasteiger charge is -2.06. The van der Waals surface area contributed by atoms with E-state index in [1.807, 2.05) is 13.0 Å². The Labute approximate surface area is 105 Å². The number of anilines is 1. The second-order valence-electron chi connectivity index (χ2n) is 3.44. The van der Waals surface area contributed by atoms with Gasteiger partial charge in [0.05, 0.1) is 4.92 Å². The van der Waals surface area contributed by atoms with Gasteiger partial charge in [0.1, 0.15) is 23.6 Å². The Kier molecular flexibility index (Phi) is 5.54. The van der Waals surface area contributed by atoms with Crippen LogP contribution in [0, 0.1) is 21.4 Å². The third-order valence-electron chi connectivity index (χ3n) is 2.17. The number of ether oxygens (including phenoxy) is 1. The molecule has 0 spiro atoms. The van der Waals surface area contributed by atoms with E-state index in [2.05, 4.69) is 10.3 Å². The third-order valence-corrected chi connectivity index (χ3v) is 2.17. The van der Waals surface area contributed by atoms with Gasteiger partial charge in [-0.15, -0.1) is 0 Å². The maximum Gasteiger partial charge on any atom is 0.289 e. The molecule has 0 fully saturated rings. The number of aromatic nitrogens is 1. The lowest BCUT2D eigenvalue weighted by atomic mass is 10.2. The highest BCUT2D eigenvalue weighted by Gasteiger charge is 2.11. The van der Waals surface area contributed by atoms with Crippen molar-refractivity contribution in [3.63, 3.8) is 0 Å². The van der Waals surface area contributed by atoms with Gasteiger partial charge in [-0.1, -0.05) is 0 Å². The predicted octanol–water partition coefficient (Wildman–Crippen LogP) is 1.70. The number of nitro groups is 1. The third kappa shape index (κ3) is 3.99. The van der Waals surface area contributed by atoms with Gasteiger partial charge < -0.3 is 10.1 Å². The molecule has 0 aliphatic heterocycles. The molecule has 7 heteroatoms. The molecule has 0 aromatic carbocycles. The van der Waals surface area contributed by atoms with Gasteiger partial charge in [-0.05, 0) is 13.3 Å². The number of rotatable bonds is 7. The second kappa shape index (κ2) is 7.19. The fraction of sp³-hybridized carbons (Fsp3) is 0.455. The molecule has 0 atom stereocenters. The summed E-state index contributed by atoms with van der Waals surface area (Å²) in [4.78, 5) is 13.8. The van der Waals surface area contributed by atoms with Crippen LogP contribution < -0.4 is 5.32 Å². The maximum atomic E-state index is 10.5. The average molecular weight is 250 g/mol. The molecule has 0 bridgehead atoms. The standard InChI is InChI=1S/C11H14N4O3/c1-2-18-5-3-4-13-11-9(7-12)6-10(8-14-11)15(16)17/h6,8H,2-5H2,1H3,(H,13,14). The summed E-state index contributed by atoms with van der Waals surface area (Å²) in [6.45, 7) is 3.80. The lowest BCUT2D eigenvalue weighted by Crippen LogP contribution is -2.08. The Balaban J connectivity index is 2.61. The second-order valence-corrected chi connectivity index (χ2v) is 3.44. The van der Waals surface area contributed by atoms with Crippen molar-refractivity contribution in [3.05, 3.63) is 27.9 Å². The van der Waals surface area contributed by atoms with Gasteiger partial charge in [0, 0.05) is 25.8 Å². The fourth-order valence-corrected chi connectivity index (χ4v) is 1.31. The summed E-state index contributed by atoms with van der Waals surface area (Å²) < 4.78 is 5.16. The van der Waals surface area contributed by atoms with Crippen molar-refractivity contribution in [1.82, 2.24) is 4.98 Å². The summed E-state index contributed by atoms with van der Waals surface area (Å²) in [5, 5.41) is 22.4. The molecule has 0 saturated heterocycles. The van der Waals surface area contributed by atoms with Crippen molar-refractivity contribution in [3.8, 4) is 6.07 Å². The van der Waals surface area contributed by atoms with Crippen LogP contribution in [0.3, 0.4) is 0 Å². The molecule has 7 nitrogen and oxygen atoms in total. The van der Waals surface area contributed by atoms with E-state index < -0.39 is 4.92 Å². The van der Waals surface area contributed by atoms with Gasteiger partial charge in [-0.2, -0.15) is 5.26 Å². The van der Waals surface area contributed by atoms with Crippen molar-refractivity contribution < 1.29 is 9.66 Å². The Hall–Kier alpha value is -2.20. The van der Waals surface area contributed by atoms with Crippen molar-refractivity contribution in [2.24, 2.45) is 0 Å². The van der Waals surface area contributed by atoms with Crippen LogP contribution in [-0.2, 0) is 4.74 Å². The van der Waals surface area contributed by atoms with Gasteiger partial charge in [-0.25, -0.2) is 4.98 Å². The van der Waals surface area contributed by atoms with Crippen LogP contribution in [0.5, 0.6) is 0 Å². The van der Waals surface area contributed by atoms with Crippen LogP contribution in [-0.4, -0.2) is 29.7 Å². The first kappa shape index (κ1) is 13.9. The van der Waals surface area contributed by atoms with Crippen LogP contribution in [0.2, 0.25) is 0 Å². The van der Waals surface area contributed by atoms with E-state index >= 15 is 0 Å². The van der Waals surface area contributed by atoms with Crippen LogP contribution >= 0.6 is 0 Å². The summed E-state index contributed by atoms with van der Waals surface area (Å²) in [5.74, 6) is 0.361. The smallest absolute Gasteiger partial charge is 0.289 e. The molecule has 1 heterocycles. The minimum absolute atomic E-state index is 0.167. The number of hydrogen-bond acceptors (Lipinski definition) is 6. The van der Waals surface area contributed by atoms with E-state index in [9.17, 15) is 10.1 Å². The molecule has 0 aliphatic rings. The maximum absolute atomic E-state index is 10.5. The van der Waals surface area contributed by atoms with Crippen LogP contribution in [0.15, 0.2) is 12.3 Å². The number of hydrogen-bond donors (Lipinski definition) is 1. The molecule has 18 heavy (non-hydrogen) atoms. The monoisotopic (exact) mass is 250 g/mol. The largest absolute Gasteiger partial charge is 0.382 e. The molecule has 0 radical (unpaired) electrons. The molecule has 1 aromatic rings. The van der Waals surface area contributed by atoms with Crippen molar-refractivity contribution in [2.45, 2.75) is 13.3 Å². The summed E-state index contributed by atoms with van der Waals surface area (Å²) in [6, 6.07) is 3.09. The SMILES string of the molecule is CCOCCCNc1ncc([N+](=O)[O-])cc1C#N. The fourth-order valence-electron chi connectivity index (χ4n) is 1.31.